The summed E-state index contributed by atoms with van der Waals surface area (Å²) in [6.07, 6.45) is 2.55. The van der Waals surface area contributed by atoms with Crippen LogP contribution in [0.4, 0.5) is 0 Å². The first kappa shape index (κ1) is 5.83. The van der Waals surface area contributed by atoms with E-state index in [1.165, 1.54) is 18.4 Å². The van der Waals surface area contributed by atoms with Crippen LogP contribution in [0.15, 0.2) is 12.2 Å². The first-order chi connectivity index (χ1) is 3.71. The highest BCUT2D eigenvalue weighted by Gasteiger charge is 2.41. The summed E-state index contributed by atoms with van der Waals surface area (Å²) in [6.45, 7) is 5.98. The van der Waals surface area contributed by atoms with Crippen LogP contribution >= 0.6 is 0 Å². The van der Waals surface area contributed by atoms with E-state index in [9.17, 15) is 0 Å². The average molecular weight is 111 g/mol. The van der Waals surface area contributed by atoms with E-state index in [1.54, 1.807) is 0 Å². The molecule has 1 nitrogen and oxygen atoms in total. The molecule has 0 radical (unpaired) electrons. The van der Waals surface area contributed by atoms with Crippen molar-refractivity contribution in [3.8, 4) is 0 Å². The quantitative estimate of drug-likeness (QED) is 0.530. The fraction of sp³-hybridized carbons (Fsp3) is 0.714. The molecule has 1 aliphatic carbocycles. The van der Waals surface area contributed by atoms with Crippen molar-refractivity contribution in [1.29, 1.82) is 0 Å². The summed E-state index contributed by atoms with van der Waals surface area (Å²) < 4.78 is 0. The van der Waals surface area contributed by atoms with Gasteiger partial charge in [0.1, 0.15) is 0 Å². The minimum absolute atomic E-state index is 0.347. The van der Waals surface area contributed by atoms with E-state index >= 15 is 0 Å². The molecule has 0 aromatic carbocycles. The van der Waals surface area contributed by atoms with Crippen LogP contribution in [0.2, 0.25) is 0 Å². The van der Waals surface area contributed by atoms with Crippen LogP contribution < -0.4 is 5.32 Å². The molecule has 1 rings (SSSR count). The Morgan fingerprint density at radius 2 is 2.12 bits per heavy atom. The SMILES string of the molecule is C=C(C)C1(NC)CC1. The maximum atomic E-state index is 3.90. The molecule has 1 N–H and O–H groups in total. The Labute approximate surface area is 50.8 Å². The molecule has 0 atom stereocenters. The standard InChI is InChI=1S/C7H13N/c1-6(2)7(8-3)4-5-7/h8H,1,4-5H2,2-3H3. The zero-order chi connectivity index (χ0) is 6.20. The van der Waals surface area contributed by atoms with E-state index < -0.39 is 0 Å². The second kappa shape index (κ2) is 1.59. The van der Waals surface area contributed by atoms with E-state index in [2.05, 4.69) is 18.8 Å². The smallest absolute Gasteiger partial charge is 0.0387 e. The van der Waals surface area contributed by atoms with Gasteiger partial charge in [-0.15, -0.1) is 0 Å². The molecule has 0 spiro atoms. The summed E-state index contributed by atoms with van der Waals surface area (Å²) >= 11 is 0. The Kier molecular flexibility index (Phi) is 1.16. The molecular weight excluding hydrogens is 98.1 g/mol. The van der Waals surface area contributed by atoms with E-state index in [0.717, 1.165) is 0 Å². The molecule has 0 aromatic rings. The van der Waals surface area contributed by atoms with Gasteiger partial charge >= 0.3 is 0 Å². The fourth-order valence-corrected chi connectivity index (χ4v) is 1.02. The number of hydrogen-bond donors (Lipinski definition) is 1. The lowest BCUT2D eigenvalue weighted by molar-refractivity contribution is 0.636. The van der Waals surface area contributed by atoms with Gasteiger partial charge in [-0.05, 0) is 26.8 Å². The van der Waals surface area contributed by atoms with Gasteiger partial charge in [0.15, 0.2) is 0 Å². The van der Waals surface area contributed by atoms with Gasteiger partial charge < -0.3 is 5.32 Å². The van der Waals surface area contributed by atoms with Gasteiger partial charge in [-0.25, -0.2) is 0 Å². The van der Waals surface area contributed by atoms with E-state index in [4.69, 9.17) is 0 Å². The van der Waals surface area contributed by atoms with Crippen molar-refractivity contribution < 1.29 is 0 Å². The predicted molar refractivity (Wildman–Crippen MR) is 35.8 cm³/mol. The van der Waals surface area contributed by atoms with Crippen molar-refractivity contribution in [2.45, 2.75) is 25.3 Å². The molecule has 0 bridgehead atoms. The third-order valence-corrected chi connectivity index (χ3v) is 2.05. The molecule has 0 amide bonds. The van der Waals surface area contributed by atoms with Gasteiger partial charge in [0, 0.05) is 5.54 Å². The van der Waals surface area contributed by atoms with Gasteiger partial charge in [0.2, 0.25) is 0 Å². The molecule has 0 aliphatic heterocycles. The Balaban J connectivity index is 2.53. The van der Waals surface area contributed by atoms with Crippen molar-refractivity contribution in [2.75, 3.05) is 7.05 Å². The highest BCUT2D eigenvalue weighted by Crippen LogP contribution is 2.40. The van der Waals surface area contributed by atoms with Crippen LogP contribution in [-0.4, -0.2) is 12.6 Å². The summed E-state index contributed by atoms with van der Waals surface area (Å²) in [5.41, 5.74) is 1.62. The maximum Gasteiger partial charge on any atom is 0.0387 e. The van der Waals surface area contributed by atoms with Gasteiger partial charge in [-0.2, -0.15) is 0 Å². The van der Waals surface area contributed by atoms with E-state index in [0.29, 0.717) is 5.54 Å². The average Bonchev–Trinajstić information content (AvgIpc) is 2.44. The zero-order valence-electron chi connectivity index (χ0n) is 5.62. The minimum Gasteiger partial charge on any atom is -0.311 e. The molecule has 1 fully saturated rings. The van der Waals surface area contributed by atoms with Crippen molar-refractivity contribution in [1.82, 2.24) is 5.32 Å². The minimum atomic E-state index is 0.347. The highest BCUT2D eigenvalue weighted by atomic mass is 15.0. The number of hydrogen-bond acceptors (Lipinski definition) is 1. The molecule has 0 heterocycles. The Morgan fingerprint density at radius 1 is 1.62 bits per heavy atom. The summed E-state index contributed by atoms with van der Waals surface area (Å²) in [4.78, 5) is 0. The summed E-state index contributed by atoms with van der Waals surface area (Å²) in [6, 6.07) is 0. The summed E-state index contributed by atoms with van der Waals surface area (Å²) in [7, 11) is 2.00. The highest BCUT2D eigenvalue weighted by molar-refractivity contribution is 5.23. The van der Waals surface area contributed by atoms with Crippen LogP contribution in [0.3, 0.4) is 0 Å². The lowest BCUT2D eigenvalue weighted by Gasteiger charge is -2.11. The van der Waals surface area contributed by atoms with Crippen LogP contribution in [-0.2, 0) is 0 Å². The number of rotatable bonds is 2. The maximum absolute atomic E-state index is 3.90. The molecule has 8 heavy (non-hydrogen) atoms. The lowest BCUT2D eigenvalue weighted by atomic mass is 10.1. The van der Waals surface area contributed by atoms with E-state index in [1.807, 2.05) is 7.05 Å². The molecule has 1 heteroatoms. The number of likely N-dealkylation sites (N-methyl/N-ethyl adjacent to an activating group) is 1. The van der Waals surface area contributed by atoms with Gasteiger partial charge in [-0.1, -0.05) is 12.2 Å². The predicted octanol–water partition coefficient (Wildman–Crippen LogP) is 1.31. The normalized spacial score (nSPS) is 22.8. The van der Waals surface area contributed by atoms with Gasteiger partial charge in [0.05, 0.1) is 0 Å². The van der Waals surface area contributed by atoms with Crippen LogP contribution in [0, 0.1) is 0 Å². The van der Waals surface area contributed by atoms with Crippen molar-refractivity contribution >= 4 is 0 Å². The third kappa shape index (κ3) is 0.671. The third-order valence-electron chi connectivity index (χ3n) is 2.05. The Bertz CT molecular complexity index is 112. The molecule has 0 unspecified atom stereocenters. The molecular formula is C7H13N. The Hall–Kier alpha value is -0.300. The number of nitrogens with one attached hydrogen (secondary N) is 1. The van der Waals surface area contributed by atoms with Crippen molar-refractivity contribution in [2.24, 2.45) is 0 Å². The van der Waals surface area contributed by atoms with E-state index in [-0.39, 0.29) is 0 Å². The first-order valence-corrected chi connectivity index (χ1v) is 3.06. The van der Waals surface area contributed by atoms with Gasteiger partial charge in [0.25, 0.3) is 0 Å². The Morgan fingerprint density at radius 3 is 2.12 bits per heavy atom. The van der Waals surface area contributed by atoms with Crippen molar-refractivity contribution in [3.63, 3.8) is 0 Å². The zero-order valence-corrected chi connectivity index (χ0v) is 5.62. The molecule has 1 saturated carbocycles. The van der Waals surface area contributed by atoms with Gasteiger partial charge in [-0.3, -0.25) is 0 Å². The topological polar surface area (TPSA) is 12.0 Å². The molecule has 0 aromatic heterocycles. The van der Waals surface area contributed by atoms with Crippen LogP contribution in [0.25, 0.3) is 0 Å². The largest absolute Gasteiger partial charge is 0.311 e. The van der Waals surface area contributed by atoms with Crippen LogP contribution in [0.1, 0.15) is 19.8 Å². The van der Waals surface area contributed by atoms with Crippen molar-refractivity contribution in [3.05, 3.63) is 12.2 Å². The molecule has 1 aliphatic rings. The molecule has 46 valence electrons. The van der Waals surface area contributed by atoms with Crippen LogP contribution in [0.5, 0.6) is 0 Å². The summed E-state index contributed by atoms with van der Waals surface area (Å²) in [5, 5.41) is 3.25. The second-order valence-corrected chi connectivity index (χ2v) is 2.61. The lowest BCUT2D eigenvalue weighted by Crippen LogP contribution is -2.27. The molecule has 0 saturated heterocycles. The fourth-order valence-electron chi connectivity index (χ4n) is 1.02. The monoisotopic (exact) mass is 111 g/mol. The first-order valence-electron chi connectivity index (χ1n) is 3.06. The second-order valence-electron chi connectivity index (χ2n) is 2.61. The summed E-state index contributed by atoms with van der Waals surface area (Å²) in [5.74, 6) is 0.